The van der Waals surface area contributed by atoms with Crippen molar-refractivity contribution >= 4 is 11.8 Å². The summed E-state index contributed by atoms with van der Waals surface area (Å²) in [6.07, 6.45) is 1.28. The number of hydrogen-bond acceptors (Lipinski definition) is 1. The van der Waals surface area contributed by atoms with Crippen molar-refractivity contribution in [2.75, 3.05) is 5.75 Å². The summed E-state index contributed by atoms with van der Waals surface area (Å²) in [5.41, 5.74) is 1.55. The molecule has 0 saturated heterocycles. The third-order valence-corrected chi connectivity index (χ3v) is 4.15. The Bertz CT molecular complexity index is 291. The highest BCUT2D eigenvalue weighted by atomic mass is 32.2. The maximum absolute atomic E-state index is 2.33. The average Bonchev–Trinajstić information content (AvgIpc) is 2.17. The van der Waals surface area contributed by atoms with Gasteiger partial charge in [0.05, 0.1) is 0 Å². The molecule has 1 aliphatic rings. The van der Waals surface area contributed by atoms with E-state index in [1.807, 2.05) is 11.8 Å². The molecule has 1 heteroatoms. The molecule has 0 amide bonds. The zero-order valence-electron chi connectivity index (χ0n) is 8.29. The summed E-state index contributed by atoms with van der Waals surface area (Å²) in [4.78, 5) is 1.50. The second kappa shape index (κ2) is 3.75. The number of thioether (sulfide) groups is 1. The lowest BCUT2D eigenvalue weighted by atomic mass is 9.90. The van der Waals surface area contributed by atoms with E-state index in [2.05, 4.69) is 38.1 Å². The molecule has 70 valence electrons. The lowest BCUT2D eigenvalue weighted by Crippen LogP contribution is -2.18. The average molecular weight is 192 g/mol. The van der Waals surface area contributed by atoms with Gasteiger partial charge in [-0.05, 0) is 29.9 Å². The van der Waals surface area contributed by atoms with E-state index in [0.29, 0.717) is 0 Å². The Morgan fingerprint density at radius 2 is 2.08 bits per heavy atom. The van der Waals surface area contributed by atoms with Crippen LogP contribution in [0, 0.1) is 11.8 Å². The third kappa shape index (κ3) is 1.91. The van der Waals surface area contributed by atoms with Gasteiger partial charge >= 0.3 is 0 Å². The lowest BCUT2D eigenvalue weighted by Gasteiger charge is -2.26. The molecule has 0 bridgehead atoms. The van der Waals surface area contributed by atoms with E-state index < -0.39 is 0 Å². The van der Waals surface area contributed by atoms with E-state index >= 15 is 0 Å². The molecule has 1 aromatic rings. The van der Waals surface area contributed by atoms with E-state index in [1.54, 1.807) is 5.56 Å². The van der Waals surface area contributed by atoms with Gasteiger partial charge in [-0.3, -0.25) is 0 Å². The van der Waals surface area contributed by atoms with Crippen LogP contribution >= 0.6 is 11.8 Å². The molecule has 0 aromatic heterocycles. The first-order valence-electron chi connectivity index (χ1n) is 4.98. The van der Waals surface area contributed by atoms with E-state index in [-0.39, 0.29) is 0 Å². The summed E-state index contributed by atoms with van der Waals surface area (Å²) in [6.45, 7) is 4.66. The summed E-state index contributed by atoms with van der Waals surface area (Å²) >= 11 is 2.03. The largest absolute Gasteiger partial charge is 0.126 e. The highest BCUT2D eigenvalue weighted by Crippen LogP contribution is 2.35. The molecule has 1 heterocycles. The monoisotopic (exact) mass is 192 g/mol. The van der Waals surface area contributed by atoms with Crippen LogP contribution in [0.15, 0.2) is 29.2 Å². The van der Waals surface area contributed by atoms with E-state index in [0.717, 1.165) is 11.8 Å². The maximum atomic E-state index is 2.33. The Morgan fingerprint density at radius 1 is 1.31 bits per heavy atom. The predicted octanol–water partition coefficient (Wildman–Crippen LogP) is 3.61. The van der Waals surface area contributed by atoms with Crippen LogP contribution in [0.2, 0.25) is 0 Å². The molecule has 2 rings (SSSR count). The zero-order valence-corrected chi connectivity index (χ0v) is 9.10. The van der Waals surface area contributed by atoms with Crippen molar-refractivity contribution in [3.63, 3.8) is 0 Å². The first-order valence-corrected chi connectivity index (χ1v) is 5.96. The molecule has 13 heavy (non-hydrogen) atoms. The van der Waals surface area contributed by atoms with E-state index in [1.165, 1.54) is 17.1 Å². The fraction of sp³-hybridized carbons (Fsp3) is 0.500. The van der Waals surface area contributed by atoms with Crippen molar-refractivity contribution in [2.45, 2.75) is 25.2 Å². The van der Waals surface area contributed by atoms with Crippen LogP contribution in [0.25, 0.3) is 0 Å². The molecular weight excluding hydrogens is 176 g/mol. The highest BCUT2D eigenvalue weighted by Gasteiger charge is 2.20. The van der Waals surface area contributed by atoms with E-state index in [4.69, 9.17) is 0 Å². The Balaban J connectivity index is 2.20. The first-order chi connectivity index (χ1) is 6.27. The molecule has 0 nitrogen and oxygen atoms in total. The van der Waals surface area contributed by atoms with E-state index in [9.17, 15) is 0 Å². The fourth-order valence-electron chi connectivity index (χ4n) is 1.78. The van der Waals surface area contributed by atoms with Crippen molar-refractivity contribution in [2.24, 2.45) is 11.8 Å². The summed E-state index contributed by atoms with van der Waals surface area (Å²) in [7, 11) is 0. The molecule has 0 radical (unpaired) electrons. The third-order valence-electron chi connectivity index (χ3n) is 2.85. The number of benzene rings is 1. The molecule has 0 fully saturated rings. The first kappa shape index (κ1) is 9.14. The van der Waals surface area contributed by atoms with Crippen LogP contribution in [0.4, 0.5) is 0 Å². The summed E-state index contributed by atoms with van der Waals surface area (Å²) in [5.74, 6) is 3.00. The van der Waals surface area contributed by atoms with Gasteiger partial charge in [0.15, 0.2) is 0 Å². The van der Waals surface area contributed by atoms with Gasteiger partial charge in [0.2, 0.25) is 0 Å². The zero-order chi connectivity index (χ0) is 9.26. The topological polar surface area (TPSA) is 0 Å². The predicted molar refractivity (Wildman–Crippen MR) is 59.2 cm³/mol. The van der Waals surface area contributed by atoms with Gasteiger partial charge in [-0.15, -0.1) is 11.8 Å². The van der Waals surface area contributed by atoms with Crippen LogP contribution < -0.4 is 0 Å². The SMILES string of the molecule is CC(C)C1CSc2ccccc2C1. The van der Waals surface area contributed by atoms with Crippen molar-refractivity contribution in [1.29, 1.82) is 0 Å². The standard InChI is InChI=1S/C12H16S/c1-9(2)11-7-10-5-3-4-6-12(10)13-8-11/h3-6,9,11H,7-8H2,1-2H3. The van der Waals surface area contributed by atoms with Gasteiger partial charge in [-0.25, -0.2) is 0 Å². The number of rotatable bonds is 1. The second-order valence-electron chi connectivity index (χ2n) is 4.13. The molecule has 1 aromatic carbocycles. The Labute approximate surface area is 84.7 Å². The molecule has 0 N–H and O–H groups in total. The summed E-state index contributed by atoms with van der Waals surface area (Å²) < 4.78 is 0. The molecule has 0 saturated carbocycles. The Morgan fingerprint density at radius 3 is 2.85 bits per heavy atom. The number of hydrogen-bond donors (Lipinski definition) is 0. The normalized spacial score (nSPS) is 21.6. The van der Waals surface area contributed by atoms with Crippen molar-refractivity contribution < 1.29 is 0 Å². The molecule has 1 aliphatic heterocycles. The molecule has 0 spiro atoms. The lowest BCUT2D eigenvalue weighted by molar-refractivity contribution is 0.418. The molecule has 1 unspecified atom stereocenters. The molecule has 0 aliphatic carbocycles. The minimum Gasteiger partial charge on any atom is -0.126 e. The fourth-order valence-corrected chi connectivity index (χ4v) is 3.19. The van der Waals surface area contributed by atoms with Crippen molar-refractivity contribution in [3.8, 4) is 0 Å². The smallest absolute Gasteiger partial charge is 0.0104 e. The van der Waals surface area contributed by atoms with Crippen LogP contribution in [0.3, 0.4) is 0 Å². The van der Waals surface area contributed by atoms with Crippen molar-refractivity contribution in [3.05, 3.63) is 29.8 Å². The van der Waals surface area contributed by atoms with Crippen LogP contribution in [0.5, 0.6) is 0 Å². The Kier molecular flexibility index (Phi) is 2.63. The molecular formula is C12H16S. The van der Waals surface area contributed by atoms with Gasteiger partial charge in [0.1, 0.15) is 0 Å². The van der Waals surface area contributed by atoms with Gasteiger partial charge < -0.3 is 0 Å². The highest BCUT2D eigenvalue weighted by molar-refractivity contribution is 7.99. The minimum atomic E-state index is 0.820. The molecule has 1 atom stereocenters. The number of fused-ring (bicyclic) bond motifs is 1. The second-order valence-corrected chi connectivity index (χ2v) is 5.19. The van der Waals surface area contributed by atoms with Crippen LogP contribution in [-0.4, -0.2) is 5.75 Å². The quantitative estimate of drug-likeness (QED) is 0.655. The van der Waals surface area contributed by atoms with Gasteiger partial charge in [-0.2, -0.15) is 0 Å². The summed E-state index contributed by atoms with van der Waals surface area (Å²) in [6, 6.07) is 8.82. The van der Waals surface area contributed by atoms with Crippen LogP contribution in [0.1, 0.15) is 19.4 Å². The van der Waals surface area contributed by atoms with Gasteiger partial charge in [-0.1, -0.05) is 32.0 Å². The minimum absolute atomic E-state index is 0.820. The maximum Gasteiger partial charge on any atom is 0.0104 e. The van der Waals surface area contributed by atoms with Crippen LogP contribution in [-0.2, 0) is 6.42 Å². The van der Waals surface area contributed by atoms with Gasteiger partial charge in [0.25, 0.3) is 0 Å². The Hall–Kier alpha value is -0.430. The van der Waals surface area contributed by atoms with Crippen molar-refractivity contribution in [1.82, 2.24) is 0 Å². The van der Waals surface area contributed by atoms with Gasteiger partial charge in [0, 0.05) is 10.6 Å². The summed E-state index contributed by atoms with van der Waals surface area (Å²) in [5, 5.41) is 0.